The maximum Gasteiger partial charge on any atom is 0.147 e. The van der Waals surface area contributed by atoms with Crippen molar-refractivity contribution in [2.75, 3.05) is 0 Å². The molecule has 0 saturated heterocycles. The predicted molar refractivity (Wildman–Crippen MR) is 84.7 cm³/mol. The van der Waals surface area contributed by atoms with Crippen molar-refractivity contribution in [2.24, 2.45) is 0 Å². The third-order valence-corrected chi connectivity index (χ3v) is 4.35. The van der Waals surface area contributed by atoms with E-state index in [4.69, 9.17) is 23.2 Å². The summed E-state index contributed by atoms with van der Waals surface area (Å²) in [4.78, 5) is 12.5. The van der Waals surface area contributed by atoms with Crippen molar-refractivity contribution in [3.63, 3.8) is 0 Å². The molecule has 0 spiro atoms. The molecule has 2 aromatic carbocycles. The van der Waals surface area contributed by atoms with E-state index >= 15 is 0 Å². The average Bonchev–Trinajstić information content (AvgIpc) is 2.50. The van der Waals surface area contributed by atoms with E-state index in [1.54, 1.807) is 26.0 Å². The van der Waals surface area contributed by atoms with Crippen LogP contribution in [-0.4, -0.2) is 5.78 Å². The summed E-state index contributed by atoms with van der Waals surface area (Å²) in [7, 11) is 0. The van der Waals surface area contributed by atoms with Crippen molar-refractivity contribution in [2.45, 2.75) is 25.7 Å². The van der Waals surface area contributed by atoms with Gasteiger partial charge >= 0.3 is 0 Å². The van der Waals surface area contributed by atoms with Crippen LogP contribution in [-0.2, 0) is 4.79 Å². The van der Waals surface area contributed by atoms with Crippen LogP contribution in [0.4, 0.5) is 8.78 Å². The summed E-state index contributed by atoms with van der Waals surface area (Å²) in [5.74, 6) is -2.32. The largest absolute Gasteiger partial charge is 0.298 e. The van der Waals surface area contributed by atoms with Gasteiger partial charge in [0.25, 0.3) is 0 Å². The number of hydrogen-bond donors (Lipinski definition) is 0. The van der Waals surface area contributed by atoms with Crippen LogP contribution in [0.1, 0.15) is 36.8 Å². The molecule has 2 unspecified atom stereocenters. The minimum Gasteiger partial charge on any atom is -0.298 e. The van der Waals surface area contributed by atoms with Crippen molar-refractivity contribution < 1.29 is 13.6 Å². The van der Waals surface area contributed by atoms with Gasteiger partial charge in [0.15, 0.2) is 0 Å². The number of ketones is 1. The number of benzene rings is 2. The van der Waals surface area contributed by atoms with E-state index in [1.807, 2.05) is 0 Å². The normalized spacial score (nSPS) is 13.7. The van der Waals surface area contributed by atoms with Crippen LogP contribution in [0, 0.1) is 11.6 Å². The molecule has 0 amide bonds. The minimum atomic E-state index is -0.566. The fraction of sp³-hybridized carbons (Fsp3) is 0.235. The Kier molecular flexibility index (Phi) is 5.20. The lowest BCUT2D eigenvalue weighted by molar-refractivity contribution is -0.121. The lowest BCUT2D eigenvalue weighted by Gasteiger charge is -2.17. The third kappa shape index (κ3) is 3.47. The summed E-state index contributed by atoms with van der Waals surface area (Å²) >= 11 is 11.3. The Balaban J connectivity index is 2.25. The Labute approximate surface area is 137 Å². The number of rotatable bonds is 4. The summed E-state index contributed by atoms with van der Waals surface area (Å²) < 4.78 is 27.0. The van der Waals surface area contributed by atoms with Crippen LogP contribution >= 0.6 is 23.2 Å². The first-order valence-electron chi connectivity index (χ1n) is 6.75. The SMILES string of the molecule is CC(C(=O)C(C)c1ccc(Cl)c(F)c1)c1ccc(Cl)c(F)c1. The highest BCUT2D eigenvalue weighted by atomic mass is 35.5. The first-order chi connectivity index (χ1) is 10.3. The minimum absolute atomic E-state index is 0.0104. The molecule has 0 heterocycles. The molecular weight excluding hydrogens is 329 g/mol. The van der Waals surface area contributed by atoms with Gasteiger partial charge < -0.3 is 0 Å². The van der Waals surface area contributed by atoms with E-state index in [-0.39, 0.29) is 15.8 Å². The maximum atomic E-state index is 13.5. The Morgan fingerprint density at radius 1 is 0.864 bits per heavy atom. The topological polar surface area (TPSA) is 17.1 Å². The van der Waals surface area contributed by atoms with Gasteiger partial charge in [0, 0.05) is 11.8 Å². The molecule has 0 aliphatic heterocycles. The predicted octanol–water partition coefficient (Wildman–Crippen LogP) is 5.75. The number of carbonyl (C=O) groups excluding carboxylic acids is 1. The number of Topliss-reactive ketones (excluding diaryl/α,β-unsaturated/α-hetero) is 1. The van der Waals surface area contributed by atoms with Crippen LogP contribution in [0.3, 0.4) is 0 Å². The van der Waals surface area contributed by atoms with Gasteiger partial charge in [0.2, 0.25) is 0 Å². The van der Waals surface area contributed by atoms with E-state index in [1.165, 1.54) is 24.3 Å². The summed E-state index contributed by atoms with van der Waals surface area (Å²) in [6.07, 6.45) is 0. The number of hydrogen-bond acceptors (Lipinski definition) is 1. The van der Waals surface area contributed by atoms with E-state index in [0.717, 1.165) is 0 Å². The molecule has 0 aromatic heterocycles. The van der Waals surface area contributed by atoms with Crippen molar-refractivity contribution >= 4 is 29.0 Å². The zero-order valence-electron chi connectivity index (χ0n) is 12.0. The van der Waals surface area contributed by atoms with Crippen LogP contribution in [0.25, 0.3) is 0 Å². The number of halogens is 4. The maximum absolute atomic E-state index is 13.5. The van der Waals surface area contributed by atoms with E-state index in [9.17, 15) is 13.6 Å². The second-order valence-electron chi connectivity index (χ2n) is 5.19. The van der Waals surface area contributed by atoms with Crippen molar-refractivity contribution in [3.8, 4) is 0 Å². The Hall–Kier alpha value is -1.45. The first-order valence-corrected chi connectivity index (χ1v) is 7.50. The molecule has 0 saturated carbocycles. The Bertz CT molecular complexity index is 656. The standard InChI is InChI=1S/C17H14Cl2F2O/c1-9(11-3-5-13(18)15(20)7-11)17(22)10(2)12-4-6-14(19)16(21)8-12/h3-10H,1-2H3. The zero-order valence-corrected chi connectivity index (χ0v) is 13.6. The second-order valence-corrected chi connectivity index (χ2v) is 6.01. The lowest BCUT2D eigenvalue weighted by Crippen LogP contribution is -2.17. The van der Waals surface area contributed by atoms with Crippen molar-refractivity contribution in [1.82, 2.24) is 0 Å². The molecule has 1 nitrogen and oxygen atoms in total. The van der Waals surface area contributed by atoms with Gasteiger partial charge in [-0.1, -0.05) is 49.2 Å². The van der Waals surface area contributed by atoms with Crippen LogP contribution in [0.15, 0.2) is 36.4 Å². The molecule has 116 valence electrons. The fourth-order valence-electron chi connectivity index (χ4n) is 2.27. The molecule has 2 aromatic rings. The van der Waals surface area contributed by atoms with E-state index < -0.39 is 23.5 Å². The molecule has 0 radical (unpaired) electrons. The van der Waals surface area contributed by atoms with Crippen molar-refractivity contribution in [3.05, 3.63) is 69.2 Å². The molecule has 0 aliphatic rings. The van der Waals surface area contributed by atoms with Gasteiger partial charge in [-0.05, 0) is 35.4 Å². The molecule has 0 fully saturated rings. The zero-order chi connectivity index (χ0) is 16.4. The second kappa shape index (κ2) is 6.76. The lowest BCUT2D eigenvalue weighted by atomic mass is 9.86. The number of carbonyl (C=O) groups is 1. The first kappa shape index (κ1) is 16.9. The Morgan fingerprint density at radius 3 is 1.55 bits per heavy atom. The van der Waals surface area contributed by atoms with Crippen LogP contribution in [0.5, 0.6) is 0 Å². The van der Waals surface area contributed by atoms with Crippen LogP contribution in [0.2, 0.25) is 10.0 Å². The van der Waals surface area contributed by atoms with Crippen LogP contribution < -0.4 is 0 Å². The smallest absolute Gasteiger partial charge is 0.147 e. The monoisotopic (exact) mass is 342 g/mol. The van der Waals surface area contributed by atoms with Gasteiger partial charge in [-0.15, -0.1) is 0 Å². The summed E-state index contributed by atoms with van der Waals surface area (Å²) in [6, 6.07) is 8.57. The molecule has 22 heavy (non-hydrogen) atoms. The quantitative estimate of drug-likeness (QED) is 0.691. The molecule has 2 rings (SSSR count). The molecule has 0 bridgehead atoms. The fourth-order valence-corrected chi connectivity index (χ4v) is 2.50. The van der Waals surface area contributed by atoms with Crippen molar-refractivity contribution in [1.29, 1.82) is 0 Å². The third-order valence-electron chi connectivity index (χ3n) is 3.74. The van der Waals surface area contributed by atoms with E-state index in [2.05, 4.69) is 0 Å². The van der Waals surface area contributed by atoms with Gasteiger partial charge in [-0.3, -0.25) is 4.79 Å². The Morgan fingerprint density at radius 2 is 1.23 bits per heavy atom. The summed E-state index contributed by atoms with van der Waals surface area (Å²) in [6.45, 7) is 3.38. The molecular formula is C17H14Cl2F2O. The van der Waals surface area contributed by atoms with E-state index in [0.29, 0.717) is 11.1 Å². The summed E-state index contributed by atoms with van der Waals surface area (Å²) in [5, 5.41) is 0.0208. The van der Waals surface area contributed by atoms with Gasteiger partial charge in [0.05, 0.1) is 10.0 Å². The molecule has 0 N–H and O–H groups in total. The highest BCUT2D eigenvalue weighted by Gasteiger charge is 2.24. The summed E-state index contributed by atoms with van der Waals surface area (Å²) in [5.41, 5.74) is 1.07. The molecule has 2 atom stereocenters. The van der Waals surface area contributed by atoms with Gasteiger partial charge in [-0.2, -0.15) is 0 Å². The molecule has 0 aliphatic carbocycles. The molecule has 5 heteroatoms. The highest BCUT2D eigenvalue weighted by molar-refractivity contribution is 6.31. The highest BCUT2D eigenvalue weighted by Crippen LogP contribution is 2.29. The van der Waals surface area contributed by atoms with Gasteiger partial charge in [-0.25, -0.2) is 8.78 Å². The van der Waals surface area contributed by atoms with Gasteiger partial charge in [0.1, 0.15) is 17.4 Å². The average molecular weight is 343 g/mol.